The largest absolute Gasteiger partial charge is 0.366 e. The maximum Gasteiger partial charge on any atom is 0.136 e. The van der Waals surface area contributed by atoms with Crippen LogP contribution in [0.3, 0.4) is 0 Å². The average Bonchev–Trinajstić information content (AvgIpc) is 2.05. The third-order valence-corrected chi connectivity index (χ3v) is 1.43. The molecule has 50 valence electrons. The van der Waals surface area contributed by atoms with E-state index in [1.54, 1.807) is 12.5 Å². The van der Waals surface area contributed by atoms with Crippen molar-refractivity contribution in [3.05, 3.63) is 24.2 Å². The van der Waals surface area contributed by atoms with E-state index >= 15 is 0 Å². The Bertz CT molecular complexity index is 267. The van der Waals surface area contributed by atoms with Crippen molar-refractivity contribution in [3.63, 3.8) is 0 Å². The molecular weight excluding hydrogens is 126 g/mol. The van der Waals surface area contributed by atoms with Crippen molar-refractivity contribution >= 4 is 11.9 Å². The summed E-state index contributed by atoms with van der Waals surface area (Å²) >= 11 is 0. The number of hydrogen-bond donors (Lipinski definition) is 1. The highest BCUT2D eigenvalue weighted by molar-refractivity contribution is 5.65. The summed E-state index contributed by atoms with van der Waals surface area (Å²) in [5, 5.41) is 3.12. The topological polar surface area (TPSA) is 37.8 Å². The summed E-state index contributed by atoms with van der Waals surface area (Å²) in [7, 11) is 0. The lowest BCUT2D eigenvalue weighted by atomic mass is 10.2. The zero-order valence-corrected chi connectivity index (χ0v) is 5.41. The highest BCUT2D eigenvalue weighted by Crippen LogP contribution is 2.14. The van der Waals surface area contributed by atoms with Crippen molar-refractivity contribution in [1.82, 2.24) is 9.97 Å². The molecule has 1 N–H and O–H groups in total. The molecule has 0 amide bonds. The first-order valence-corrected chi connectivity index (χ1v) is 3.17. The van der Waals surface area contributed by atoms with E-state index in [0.29, 0.717) is 0 Å². The summed E-state index contributed by atoms with van der Waals surface area (Å²) in [5.74, 6) is 0.928. The summed E-state index contributed by atoms with van der Waals surface area (Å²) in [6.07, 6.45) is 7.41. The second kappa shape index (κ2) is 2.10. The summed E-state index contributed by atoms with van der Waals surface area (Å²) in [6.45, 7) is 0.865. The van der Waals surface area contributed by atoms with Gasteiger partial charge in [0.15, 0.2) is 0 Å². The minimum Gasteiger partial charge on any atom is -0.366 e. The molecule has 1 aromatic heterocycles. The summed E-state index contributed by atoms with van der Waals surface area (Å²) in [5.41, 5.74) is 1.06. The molecule has 2 rings (SSSR count). The van der Waals surface area contributed by atoms with Crippen LogP contribution < -0.4 is 5.32 Å². The predicted molar refractivity (Wildman–Crippen MR) is 39.6 cm³/mol. The molecule has 2 heterocycles. The van der Waals surface area contributed by atoms with Crippen molar-refractivity contribution in [3.8, 4) is 0 Å². The number of fused-ring (bicyclic) bond motifs is 1. The van der Waals surface area contributed by atoms with Crippen molar-refractivity contribution in [2.45, 2.75) is 0 Å². The summed E-state index contributed by atoms with van der Waals surface area (Å²) in [6, 6.07) is 0. The van der Waals surface area contributed by atoms with Crippen LogP contribution in [0.1, 0.15) is 5.56 Å². The number of rotatable bonds is 0. The first-order chi connectivity index (χ1) is 4.97. The standard InChI is InChI=1S/C7H7N3/c1-2-6-4-8-5-10-7(6)9-3-1/h1-2,4-5H,3H2,(H,8,9,10). The molecule has 3 heteroatoms. The van der Waals surface area contributed by atoms with Crippen LogP contribution in [0.15, 0.2) is 18.6 Å². The fourth-order valence-corrected chi connectivity index (χ4v) is 0.952. The van der Waals surface area contributed by atoms with Crippen molar-refractivity contribution in [2.75, 3.05) is 11.9 Å². The average molecular weight is 133 g/mol. The molecule has 0 saturated carbocycles. The van der Waals surface area contributed by atoms with Gasteiger partial charge in [-0.2, -0.15) is 0 Å². The minimum absolute atomic E-state index is 0.865. The molecule has 0 fully saturated rings. The van der Waals surface area contributed by atoms with Gasteiger partial charge in [-0.15, -0.1) is 0 Å². The Labute approximate surface area is 58.8 Å². The van der Waals surface area contributed by atoms with E-state index in [-0.39, 0.29) is 0 Å². The lowest BCUT2D eigenvalue weighted by Crippen LogP contribution is -2.06. The van der Waals surface area contributed by atoms with Gasteiger partial charge in [-0.05, 0) is 0 Å². The molecule has 0 atom stereocenters. The van der Waals surface area contributed by atoms with Crippen molar-refractivity contribution in [2.24, 2.45) is 0 Å². The Morgan fingerprint density at radius 1 is 1.50 bits per heavy atom. The third kappa shape index (κ3) is 0.757. The number of hydrogen-bond acceptors (Lipinski definition) is 3. The van der Waals surface area contributed by atoms with Gasteiger partial charge in [0.05, 0.1) is 0 Å². The van der Waals surface area contributed by atoms with E-state index in [0.717, 1.165) is 17.9 Å². The van der Waals surface area contributed by atoms with Crippen LogP contribution in [0, 0.1) is 0 Å². The zero-order chi connectivity index (χ0) is 6.81. The molecule has 0 bridgehead atoms. The Balaban J connectivity index is 2.54. The lowest BCUT2D eigenvalue weighted by Gasteiger charge is -2.08. The second-order valence-electron chi connectivity index (χ2n) is 2.11. The van der Waals surface area contributed by atoms with Crippen LogP contribution >= 0.6 is 0 Å². The monoisotopic (exact) mass is 133 g/mol. The molecular formula is C7H7N3. The molecule has 1 aromatic rings. The molecule has 1 aliphatic heterocycles. The molecule has 0 spiro atoms. The van der Waals surface area contributed by atoms with Gasteiger partial charge in [0.2, 0.25) is 0 Å². The third-order valence-electron chi connectivity index (χ3n) is 1.43. The normalized spacial score (nSPS) is 14.0. The summed E-state index contributed by atoms with van der Waals surface area (Å²) in [4.78, 5) is 7.94. The fourth-order valence-electron chi connectivity index (χ4n) is 0.952. The quantitative estimate of drug-likeness (QED) is 0.571. The minimum atomic E-state index is 0.865. The fraction of sp³-hybridized carbons (Fsp3) is 0.143. The second-order valence-corrected chi connectivity index (χ2v) is 2.11. The number of anilines is 1. The van der Waals surface area contributed by atoms with Crippen LogP contribution in [0.25, 0.3) is 6.08 Å². The van der Waals surface area contributed by atoms with Crippen LogP contribution in [0.2, 0.25) is 0 Å². The van der Waals surface area contributed by atoms with E-state index in [4.69, 9.17) is 0 Å². The molecule has 1 aliphatic rings. The van der Waals surface area contributed by atoms with Gasteiger partial charge in [-0.3, -0.25) is 0 Å². The predicted octanol–water partition coefficient (Wildman–Crippen LogP) is 0.915. The summed E-state index contributed by atoms with van der Waals surface area (Å²) < 4.78 is 0. The Hall–Kier alpha value is -1.38. The molecule has 0 unspecified atom stereocenters. The number of nitrogens with zero attached hydrogens (tertiary/aromatic N) is 2. The molecule has 0 aromatic carbocycles. The van der Waals surface area contributed by atoms with Gasteiger partial charge in [-0.1, -0.05) is 12.2 Å². The first kappa shape index (κ1) is 5.41. The lowest BCUT2D eigenvalue weighted by molar-refractivity contribution is 1.12. The van der Waals surface area contributed by atoms with Gasteiger partial charge in [0.1, 0.15) is 12.1 Å². The number of nitrogens with one attached hydrogen (secondary N) is 1. The van der Waals surface area contributed by atoms with Gasteiger partial charge in [-0.25, -0.2) is 9.97 Å². The van der Waals surface area contributed by atoms with Gasteiger partial charge in [0, 0.05) is 18.3 Å². The van der Waals surface area contributed by atoms with E-state index in [2.05, 4.69) is 15.3 Å². The molecule has 0 radical (unpaired) electrons. The van der Waals surface area contributed by atoms with E-state index < -0.39 is 0 Å². The molecule has 0 aliphatic carbocycles. The highest BCUT2D eigenvalue weighted by atomic mass is 15.0. The smallest absolute Gasteiger partial charge is 0.136 e. The highest BCUT2D eigenvalue weighted by Gasteiger charge is 2.01. The number of aromatic nitrogens is 2. The maximum absolute atomic E-state index is 4.05. The molecule has 0 saturated heterocycles. The van der Waals surface area contributed by atoms with Crippen molar-refractivity contribution in [1.29, 1.82) is 0 Å². The van der Waals surface area contributed by atoms with Gasteiger partial charge < -0.3 is 5.32 Å². The van der Waals surface area contributed by atoms with Crippen molar-refractivity contribution < 1.29 is 0 Å². The zero-order valence-electron chi connectivity index (χ0n) is 5.41. The van der Waals surface area contributed by atoms with E-state index in [1.807, 2.05) is 12.2 Å². The first-order valence-electron chi connectivity index (χ1n) is 3.17. The SMILES string of the molecule is C1=Cc2cncnc2NC1. The molecule has 3 nitrogen and oxygen atoms in total. The van der Waals surface area contributed by atoms with E-state index in [9.17, 15) is 0 Å². The van der Waals surface area contributed by atoms with Crippen LogP contribution in [-0.4, -0.2) is 16.5 Å². The maximum atomic E-state index is 4.05. The van der Waals surface area contributed by atoms with Gasteiger partial charge in [0.25, 0.3) is 0 Å². The van der Waals surface area contributed by atoms with Crippen LogP contribution in [0.4, 0.5) is 5.82 Å². The Morgan fingerprint density at radius 3 is 3.40 bits per heavy atom. The van der Waals surface area contributed by atoms with Gasteiger partial charge >= 0.3 is 0 Å². The van der Waals surface area contributed by atoms with Crippen LogP contribution in [0.5, 0.6) is 0 Å². The van der Waals surface area contributed by atoms with E-state index in [1.165, 1.54) is 0 Å². The van der Waals surface area contributed by atoms with Crippen LogP contribution in [-0.2, 0) is 0 Å². The Kier molecular flexibility index (Phi) is 1.13. The Morgan fingerprint density at radius 2 is 2.50 bits per heavy atom. The molecule has 10 heavy (non-hydrogen) atoms.